The van der Waals surface area contributed by atoms with Crippen molar-refractivity contribution in [1.82, 2.24) is 4.98 Å². The Hall–Kier alpha value is -2.80. The third-order valence-corrected chi connectivity index (χ3v) is 5.70. The van der Waals surface area contributed by atoms with Crippen LogP contribution in [0.3, 0.4) is 0 Å². The van der Waals surface area contributed by atoms with Crippen LogP contribution in [0.4, 0.5) is 5.69 Å². The monoisotopic (exact) mass is 386 g/mol. The number of rotatable bonds is 5. The maximum atomic E-state index is 12.1. The normalized spacial score (nSPS) is 11.6. The van der Waals surface area contributed by atoms with Crippen molar-refractivity contribution in [3.05, 3.63) is 53.7 Å². The zero-order valence-electron chi connectivity index (χ0n) is 15.7. The molecule has 1 aromatic heterocycles. The van der Waals surface area contributed by atoms with Crippen molar-refractivity contribution in [3.8, 4) is 11.1 Å². The van der Waals surface area contributed by atoms with Crippen molar-refractivity contribution in [2.24, 2.45) is 0 Å². The summed E-state index contributed by atoms with van der Waals surface area (Å²) >= 11 is 0. The molecule has 7 heteroatoms. The second-order valence-corrected chi connectivity index (χ2v) is 8.40. The summed E-state index contributed by atoms with van der Waals surface area (Å²) in [7, 11) is -1.83. The lowest BCUT2D eigenvalue weighted by Gasteiger charge is -2.17. The number of H-pyrrole nitrogens is 1. The van der Waals surface area contributed by atoms with Crippen LogP contribution in [0.1, 0.15) is 23.0 Å². The number of benzene rings is 2. The van der Waals surface area contributed by atoms with E-state index in [2.05, 4.69) is 4.98 Å². The summed E-state index contributed by atoms with van der Waals surface area (Å²) in [5.41, 5.74) is 4.69. The van der Waals surface area contributed by atoms with Gasteiger partial charge in [-0.1, -0.05) is 12.1 Å². The predicted molar refractivity (Wildman–Crippen MR) is 108 cm³/mol. The third-order valence-electron chi connectivity index (χ3n) is 4.49. The summed E-state index contributed by atoms with van der Waals surface area (Å²) in [6, 6.07) is 12.7. The molecular formula is C20H22N2O4S. The van der Waals surface area contributed by atoms with E-state index in [1.807, 2.05) is 31.2 Å². The number of aromatic nitrogens is 1. The summed E-state index contributed by atoms with van der Waals surface area (Å²) in [5, 5.41) is 0.886. The van der Waals surface area contributed by atoms with Crippen LogP contribution in [-0.4, -0.2) is 39.3 Å². The Kier molecular flexibility index (Phi) is 4.97. The minimum atomic E-state index is -3.35. The Bertz CT molecular complexity index is 1120. The third kappa shape index (κ3) is 3.68. The SMILES string of the molecule is CCOC(=O)c1ccc2[nH]c(C)c(-c3cccc(N(C)S(C)(=O)=O)c3)c2c1. The quantitative estimate of drug-likeness (QED) is 0.678. The van der Waals surface area contributed by atoms with Crippen molar-refractivity contribution in [2.75, 3.05) is 24.2 Å². The number of esters is 1. The van der Waals surface area contributed by atoms with E-state index in [1.54, 1.807) is 25.1 Å². The van der Waals surface area contributed by atoms with Gasteiger partial charge >= 0.3 is 5.97 Å². The molecule has 0 aliphatic carbocycles. The van der Waals surface area contributed by atoms with Crippen LogP contribution in [0.5, 0.6) is 0 Å². The molecule has 0 aliphatic heterocycles. The first kappa shape index (κ1) is 19.0. The second-order valence-electron chi connectivity index (χ2n) is 6.39. The highest BCUT2D eigenvalue weighted by Crippen LogP contribution is 2.34. The van der Waals surface area contributed by atoms with Gasteiger partial charge in [-0.15, -0.1) is 0 Å². The Morgan fingerprint density at radius 1 is 1.19 bits per heavy atom. The summed E-state index contributed by atoms with van der Waals surface area (Å²) in [6.07, 6.45) is 1.17. The van der Waals surface area contributed by atoms with Gasteiger partial charge in [-0.25, -0.2) is 13.2 Å². The number of hydrogen-bond donors (Lipinski definition) is 1. The highest BCUT2D eigenvalue weighted by molar-refractivity contribution is 7.92. The molecule has 0 atom stereocenters. The number of sulfonamides is 1. The highest BCUT2D eigenvalue weighted by atomic mass is 32.2. The number of nitrogens with zero attached hydrogens (tertiary/aromatic N) is 1. The number of aryl methyl sites for hydroxylation is 1. The first-order valence-corrected chi connectivity index (χ1v) is 10.4. The average molecular weight is 386 g/mol. The maximum absolute atomic E-state index is 12.1. The van der Waals surface area contributed by atoms with Gasteiger partial charge in [-0.2, -0.15) is 0 Å². The highest BCUT2D eigenvalue weighted by Gasteiger charge is 2.17. The number of ether oxygens (including phenoxy) is 1. The first-order chi connectivity index (χ1) is 12.7. The van der Waals surface area contributed by atoms with Gasteiger partial charge in [0.15, 0.2) is 0 Å². The van der Waals surface area contributed by atoms with E-state index >= 15 is 0 Å². The first-order valence-electron chi connectivity index (χ1n) is 8.56. The van der Waals surface area contributed by atoms with E-state index in [9.17, 15) is 13.2 Å². The van der Waals surface area contributed by atoms with Gasteiger partial charge in [0.1, 0.15) is 0 Å². The smallest absolute Gasteiger partial charge is 0.338 e. The van der Waals surface area contributed by atoms with Gasteiger partial charge in [0.2, 0.25) is 10.0 Å². The molecule has 3 rings (SSSR count). The fourth-order valence-corrected chi connectivity index (χ4v) is 3.59. The van der Waals surface area contributed by atoms with Gasteiger partial charge in [0.25, 0.3) is 0 Å². The number of hydrogen-bond acceptors (Lipinski definition) is 4. The van der Waals surface area contributed by atoms with E-state index in [1.165, 1.54) is 17.6 Å². The zero-order valence-corrected chi connectivity index (χ0v) is 16.6. The maximum Gasteiger partial charge on any atom is 0.338 e. The summed E-state index contributed by atoms with van der Waals surface area (Å²) in [6.45, 7) is 4.04. The van der Waals surface area contributed by atoms with Crippen molar-refractivity contribution < 1.29 is 17.9 Å². The molecule has 0 amide bonds. The van der Waals surface area contributed by atoms with Gasteiger partial charge < -0.3 is 9.72 Å². The standard InChI is InChI=1S/C20H22N2O4S/c1-5-26-20(23)15-9-10-18-17(12-15)19(13(2)21-18)14-7-6-8-16(11-14)22(3)27(4,24)25/h6-12,21H,5H2,1-4H3. The molecule has 2 aromatic carbocycles. The van der Waals surface area contributed by atoms with Gasteiger partial charge in [0.05, 0.1) is 24.1 Å². The summed E-state index contributed by atoms with van der Waals surface area (Å²) < 4.78 is 30.1. The number of fused-ring (bicyclic) bond motifs is 1. The summed E-state index contributed by atoms with van der Waals surface area (Å²) in [5.74, 6) is -0.366. The lowest BCUT2D eigenvalue weighted by Crippen LogP contribution is -2.24. The Morgan fingerprint density at radius 3 is 2.59 bits per heavy atom. The van der Waals surface area contributed by atoms with Crippen molar-refractivity contribution in [3.63, 3.8) is 0 Å². The number of nitrogens with one attached hydrogen (secondary N) is 1. The Morgan fingerprint density at radius 2 is 1.93 bits per heavy atom. The number of carbonyl (C=O) groups excluding carboxylic acids is 1. The fourth-order valence-electron chi connectivity index (χ4n) is 3.09. The molecule has 0 unspecified atom stereocenters. The molecule has 0 saturated heterocycles. The molecule has 6 nitrogen and oxygen atoms in total. The van der Waals surface area contributed by atoms with Crippen LogP contribution in [0.25, 0.3) is 22.0 Å². The second kappa shape index (κ2) is 7.08. The van der Waals surface area contributed by atoms with Crippen molar-refractivity contribution in [1.29, 1.82) is 0 Å². The molecule has 3 aromatic rings. The zero-order chi connectivity index (χ0) is 19.8. The van der Waals surface area contributed by atoms with Crippen LogP contribution >= 0.6 is 0 Å². The number of carbonyl (C=O) groups is 1. The lowest BCUT2D eigenvalue weighted by molar-refractivity contribution is 0.0526. The van der Waals surface area contributed by atoms with E-state index in [4.69, 9.17) is 4.74 Å². The molecule has 27 heavy (non-hydrogen) atoms. The van der Waals surface area contributed by atoms with Gasteiger partial charge in [-0.05, 0) is 49.7 Å². The topological polar surface area (TPSA) is 79.5 Å². The average Bonchev–Trinajstić information content (AvgIpc) is 2.95. The van der Waals surface area contributed by atoms with Crippen LogP contribution in [0.15, 0.2) is 42.5 Å². The molecule has 1 heterocycles. The van der Waals surface area contributed by atoms with Gasteiger partial charge in [-0.3, -0.25) is 4.31 Å². The molecular weight excluding hydrogens is 364 g/mol. The fraction of sp³-hybridized carbons (Fsp3) is 0.250. The Balaban J connectivity index is 2.15. The predicted octanol–water partition coefficient (Wildman–Crippen LogP) is 3.72. The summed E-state index contributed by atoms with van der Waals surface area (Å²) in [4.78, 5) is 15.4. The molecule has 1 N–H and O–H groups in total. The molecule has 0 spiro atoms. The van der Waals surface area contributed by atoms with E-state index in [0.717, 1.165) is 27.7 Å². The molecule has 142 valence electrons. The lowest BCUT2D eigenvalue weighted by atomic mass is 10.0. The molecule has 0 bridgehead atoms. The van der Waals surface area contributed by atoms with E-state index in [-0.39, 0.29) is 5.97 Å². The molecule has 0 saturated carbocycles. The van der Waals surface area contributed by atoms with Crippen molar-refractivity contribution in [2.45, 2.75) is 13.8 Å². The minimum Gasteiger partial charge on any atom is -0.462 e. The van der Waals surface area contributed by atoms with Crippen LogP contribution in [0, 0.1) is 6.92 Å². The van der Waals surface area contributed by atoms with Gasteiger partial charge in [0, 0.05) is 29.2 Å². The minimum absolute atomic E-state index is 0.315. The van der Waals surface area contributed by atoms with Crippen LogP contribution in [0.2, 0.25) is 0 Å². The van der Waals surface area contributed by atoms with Crippen LogP contribution < -0.4 is 4.31 Å². The molecule has 0 fully saturated rings. The molecule has 0 aliphatic rings. The van der Waals surface area contributed by atoms with E-state index in [0.29, 0.717) is 17.9 Å². The Labute approximate surface area is 158 Å². The molecule has 0 radical (unpaired) electrons. The van der Waals surface area contributed by atoms with Crippen molar-refractivity contribution >= 4 is 32.6 Å². The van der Waals surface area contributed by atoms with Crippen LogP contribution in [-0.2, 0) is 14.8 Å². The number of aromatic amines is 1. The number of anilines is 1. The van der Waals surface area contributed by atoms with E-state index < -0.39 is 10.0 Å². The largest absolute Gasteiger partial charge is 0.462 e.